The van der Waals surface area contributed by atoms with Crippen LogP contribution in [0.1, 0.15) is 34.0 Å². The van der Waals surface area contributed by atoms with Crippen LogP contribution < -0.4 is 10.6 Å². The normalized spacial score (nSPS) is 18.5. The standard InChI is InChI=1S/C26H24N2O7/c29-24(27-13-15-9-11-33-22(15)25(30)31)23-21(10-12-34-23)28-26(32)35-14-20-18-7-3-1-5-16(18)17-6-2-4-8-19(17)20/h1-8,10,12,15,20,22H,9,11,13-14H2,(H,27,29)(H,28,32)(H,30,31)/t15-,22-/m0/s1. The van der Waals surface area contributed by atoms with Gasteiger partial charge in [-0.05, 0) is 28.7 Å². The molecule has 2 heterocycles. The molecule has 5 rings (SSSR count). The van der Waals surface area contributed by atoms with Gasteiger partial charge in [0.05, 0.1) is 12.0 Å². The van der Waals surface area contributed by atoms with Crippen molar-refractivity contribution in [3.8, 4) is 11.1 Å². The molecule has 0 spiro atoms. The predicted molar refractivity (Wildman–Crippen MR) is 125 cm³/mol. The topological polar surface area (TPSA) is 127 Å². The van der Waals surface area contributed by atoms with Crippen molar-refractivity contribution >= 4 is 23.7 Å². The fourth-order valence-corrected chi connectivity index (χ4v) is 4.75. The molecule has 180 valence electrons. The van der Waals surface area contributed by atoms with Crippen molar-refractivity contribution < 1.29 is 33.4 Å². The SMILES string of the molecule is O=C(Nc1ccoc1C(=O)NC[C@@H]1CCO[C@@H]1C(=O)O)OCC1c2ccccc2-c2ccccc21. The first-order chi connectivity index (χ1) is 17.0. The van der Waals surface area contributed by atoms with Crippen LogP contribution in [-0.4, -0.2) is 48.9 Å². The van der Waals surface area contributed by atoms with E-state index in [1.807, 2.05) is 36.4 Å². The molecule has 0 saturated carbocycles. The Balaban J connectivity index is 1.19. The molecule has 2 aromatic carbocycles. The van der Waals surface area contributed by atoms with Gasteiger partial charge in [0.1, 0.15) is 6.61 Å². The first kappa shape index (κ1) is 22.7. The average Bonchev–Trinajstić information content (AvgIpc) is 3.59. The Hall–Kier alpha value is -4.11. The number of benzene rings is 2. The Bertz CT molecular complexity index is 1220. The number of carboxylic acid groups (broad SMARTS) is 1. The van der Waals surface area contributed by atoms with Crippen molar-refractivity contribution in [3.05, 3.63) is 77.7 Å². The number of anilines is 1. The van der Waals surface area contributed by atoms with Gasteiger partial charge >= 0.3 is 12.1 Å². The van der Waals surface area contributed by atoms with E-state index in [4.69, 9.17) is 13.9 Å². The van der Waals surface area contributed by atoms with Gasteiger partial charge in [0.25, 0.3) is 5.91 Å². The summed E-state index contributed by atoms with van der Waals surface area (Å²) in [5.74, 6) is -2.15. The van der Waals surface area contributed by atoms with E-state index < -0.39 is 24.1 Å². The molecule has 0 unspecified atom stereocenters. The van der Waals surface area contributed by atoms with Gasteiger partial charge in [0.2, 0.25) is 5.76 Å². The van der Waals surface area contributed by atoms with E-state index in [0.29, 0.717) is 13.0 Å². The van der Waals surface area contributed by atoms with E-state index in [0.717, 1.165) is 22.3 Å². The van der Waals surface area contributed by atoms with Crippen LogP contribution >= 0.6 is 0 Å². The van der Waals surface area contributed by atoms with Crippen molar-refractivity contribution in [2.45, 2.75) is 18.4 Å². The number of amides is 2. The summed E-state index contributed by atoms with van der Waals surface area (Å²) in [5, 5.41) is 14.4. The lowest BCUT2D eigenvalue weighted by Crippen LogP contribution is -2.36. The number of fused-ring (bicyclic) bond motifs is 3. The summed E-state index contributed by atoms with van der Waals surface area (Å²) in [6.45, 7) is 0.575. The number of ether oxygens (including phenoxy) is 2. The number of furan rings is 1. The molecule has 2 amide bonds. The summed E-state index contributed by atoms with van der Waals surface area (Å²) in [5.41, 5.74) is 4.62. The van der Waals surface area contributed by atoms with E-state index >= 15 is 0 Å². The van der Waals surface area contributed by atoms with Gasteiger partial charge in [-0.3, -0.25) is 10.1 Å². The van der Waals surface area contributed by atoms with Gasteiger partial charge in [-0.1, -0.05) is 48.5 Å². The number of rotatable bonds is 7. The molecule has 3 aromatic rings. The maximum Gasteiger partial charge on any atom is 0.411 e. The highest BCUT2D eigenvalue weighted by Crippen LogP contribution is 2.44. The summed E-state index contributed by atoms with van der Waals surface area (Å²) in [7, 11) is 0. The van der Waals surface area contributed by atoms with Crippen molar-refractivity contribution in [3.63, 3.8) is 0 Å². The number of carbonyl (C=O) groups is 3. The fraction of sp³-hybridized carbons (Fsp3) is 0.269. The van der Waals surface area contributed by atoms with Crippen molar-refractivity contribution in [2.75, 3.05) is 25.1 Å². The third-order valence-electron chi connectivity index (χ3n) is 6.43. The lowest BCUT2D eigenvalue weighted by Gasteiger charge is -2.15. The lowest BCUT2D eigenvalue weighted by atomic mass is 9.98. The molecule has 3 N–H and O–H groups in total. The van der Waals surface area contributed by atoms with Crippen LogP contribution in [0.2, 0.25) is 0 Å². The Morgan fingerprint density at radius 1 is 1.00 bits per heavy atom. The first-order valence-electron chi connectivity index (χ1n) is 11.3. The number of hydrogen-bond acceptors (Lipinski definition) is 6. The zero-order chi connectivity index (χ0) is 24.4. The Morgan fingerprint density at radius 3 is 2.37 bits per heavy atom. The van der Waals surface area contributed by atoms with Gasteiger partial charge in [-0.25, -0.2) is 9.59 Å². The molecule has 1 fully saturated rings. The van der Waals surface area contributed by atoms with Crippen LogP contribution in [0.3, 0.4) is 0 Å². The second-order valence-electron chi connectivity index (χ2n) is 8.50. The second-order valence-corrected chi connectivity index (χ2v) is 8.50. The van der Waals surface area contributed by atoms with Crippen LogP contribution in [0, 0.1) is 5.92 Å². The third kappa shape index (κ3) is 4.50. The second kappa shape index (κ2) is 9.63. The van der Waals surface area contributed by atoms with Crippen molar-refractivity contribution in [2.24, 2.45) is 5.92 Å². The van der Waals surface area contributed by atoms with E-state index in [2.05, 4.69) is 22.8 Å². The van der Waals surface area contributed by atoms with Gasteiger partial charge in [-0.15, -0.1) is 0 Å². The van der Waals surface area contributed by atoms with Crippen LogP contribution in [0.25, 0.3) is 11.1 Å². The summed E-state index contributed by atoms with van der Waals surface area (Å²) in [6.07, 6.45) is 0.148. The largest absolute Gasteiger partial charge is 0.479 e. The van der Waals surface area contributed by atoms with Crippen molar-refractivity contribution in [1.82, 2.24) is 5.32 Å². The first-order valence-corrected chi connectivity index (χ1v) is 11.3. The van der Waals surface area contributed by atoms with Gasteiger partial charge in [0, 0.05) is 31.1 Å². The summed E-state index contributed by atoms with van der Waals surface area (Å²) in [4.78, 5) is 36.4. The molecule has 0 bridgehead atoms. The maximum atomic E-state index is 12.6. The summed E-state index contributed by atoms with van der Waals surface area (Å²) < 4.78 is 16.0. The zero-order valence-electron chi connectivity index (χ0n) is 18.7. The van der Waals surface area contributed by atoms with E-state index in [1.165, 1.54) is 12.3 Å². The smallest absolute Gasteiger partial charge is 0.411 e. The summed E-state index contributed by atoms with van der Waals surface area (Å²) >= 11 is 0. The van der Waals surface area contributed by atoms with Crippen LogP contribution in [0.4, 0.5) is 10.5 Å². The quantitative estimate of drug-likeness (QED) is 0.473. The highest BCUT2D eigenvalue weighted by molar-refractivity contribution is 6.00. The van der Waals surface area contributed by atoms with E-state index in [1.54, 1.807) is 0 Å². The van der Waals surface area contributed by atoms with Crippen molar-refractivity contribution in [1.29, 1.82) is 0 Å². The highest BCUT2D eigenvalue weighted by atomic mass is 16.5. The molecule has 9 heteroatoms. The van der Waals surface area contributed by atoms with Crippen LogP contribution in [0.15, 0.2) is 65.3 Å². The van der Waals surface area contributed by atoms with E-state index in [-0.39, 0.29) is 36.4 Å². The minimum absolute atomic E-state index is 0.0870. The average molecular weight is 476 g/mol. The minimum atomic E-state index is -1.06. The Kier molecular flexibility index (Phi) is 6.24. The van der Waals surface area contributed by atoms with Gasteiger partial charge < -0.3 is 24.3 Å². The fourth-order valence-electron chi connectivity index (χ4n) is 4.75. The molecule has 1 aliphatic carbocycles. The molecule has 1 aromatic heterocycles. The third-order valence-corrected chi connectivity index (χ3v) is 6.43. The molecule has 0 radical (unpaired) electrons. The molecular formula is C26H24N2O7. The Morgan fingerprint density at radius 2 is 1.69 bits per heavy atom. The van der Waals surface area contributed by atoms with Gasteiger partial charge in [-0.2, -0.15) is 0 Å². The number of aliphatic carboxylic acids is 1. The molecule has 1 aliphatic heterocycles. The molecule has 1 saturated heterocycles. The van der Waals surface area contributed by atoms with Gasteiger partial charge in [0.15, 0.2) is 6.10 Å². The van der Waals surface area contributed by atoms with Crippen LogP contribution in [-0.2, 0) is 14.3 Å². The Labute approximate surface area is 201 Å². The highest BCUT2D eigenvalue weighted by Gasteiger charge is 2.34. The lowest BCUT2D eigenvalue weighted by molar-refractivity contribution is -0.149. The van der Waals surface area contributed by atoms with E-state index in [9.17, 15) is 19.5 Å². The molecular weight excluding hydrogens is 452 g/mol. The minimum Gasteiger partial charge on any atom is -0.479 e. The maximum absolute atomic E-state index is 12.6. The summed E-state index contributed by atoms with van der Waals surface area (Å²) in [6, 6.07) is 17.5. The molecule has 2 aliphatic rings. The zero-order valence-corrected chi connectivity index (χ0v) is 18.7. The number of carbonyl (C=O) groups excluding carboxylic acids is 2. The molecule has 9 nitrogen and oxygen atoms in total. The van der Waals surface area contributed by atoms with Crippen LogP contribution in [0.5, 0.6) is 0 Å². The molecule has 2 atom stereocenters. The number of carboxylic acids is 1. The predicted octanol–water partition coefficient (Wildman–Crippen LogP) is 3.86. The monoisotopic (exact) mass is 476 g/mol. The number of hydrogen-bond donors (Lipinski definition) is 3. The molecule has 35 heavy (non-hydrogen) atoms. The number of nitrogens with one attached hydrogen (secondary N) is 2.